The molecule has 0 atom stereocenters. The van der Waals surface area contributed by atoms with Crippen LogP contribution in [-0.2, 0) is 52.4 Å². The molecule has 0 radical (unpaired) electrons. The summed E-state index contributed by atoms with van der Waals surface area (Å²) in [5.74, 6) is 3.84. The molecule has 0 saturated heterocycles. The van der Waals surface area contributed by atoms with Crippen LogP contribution in [0.15, 0.2) is 140 Å². The molecule has 0 saturated carbocycles. The van der Waals surface area contributed by atoms with E-state index in [1.165, 1.54) is 5.56 Å². The number of carbonyl (C=O) groups excluding carboxylic acids is 2. The summed E-state index contributed by atoms with van der Waals surface area (Å²) in [6.07, 6.45) is 6.08. The summed E-state index contributed by atoms with van der Waals surface area (Å²) in [7, 11) is 9.53. The SMILES string of the molecule is BrCc1ccccc1.C.COc1cc(-c2cnc3c(c2)C(Cc2ccccc2)(Cc2ccccc2)C(=O)C3)cc(OC)c1OC.COc1cc(-c2cnc3c(c2)CC(=O)C3)cc(OC)c1OC. The van der Waals surface area contributed by atoms with Gasteiger partial charge in [-0.15, -0.1) is 0 Å². The summed E-state index contributed by atoms with van der Waals surface area (Å²) in [5, 5.41) is 0.952. The predicted octanol–water partition coefficient (Wildman–Crippen LogP) is 11.3. The van der Waals surface area contributed by atoms with Crippen LogP contribution >= 0.6 is 15.9 Å². The summed E-state index contributed by atoms with van der Waals surface area (Å²) in [4.78, 5) is 34.5. The number of carbonyl (C=O) groups is 2. The highest BCUT2D eigenvalue weighted by molar-refractivity contribution is 9.08. The average Bonchev–Trinajstić information content (AvgIpc) is 3.87. The number of ether oxygens (including phenoxy) is 6. The zero-order chi connectivity index (χ0) is 46.6. The van der Waals surface area contributed by atoms with Crippen molar-refractivity contribution in [1.82, 2.24) is 9.97 Å². The maximum atomic E-state index is 13.8. The fourth-order valence-electron chi connectivity index (χ4n) is 8.55. The standard InChI is InChI=1S/C31H29NO4.C17H17NO4.C7H7Br.CH4/c1-34-27-15-23(16-28(35-2)30(27)36-3)24-14-25-26(32-20-24)17-29(33)31(25,18-21-10-6-4-7-11-21)19-22-12-8-5-9-13-22;1-20-15-6-10(7-16(21-2)17(15)22-3)12-4-11-5-13(19)8-14(11)18-9-12;8-6-7-4-2-1-3-5-7;/h4-16,20H,17-19H2,1-3H3;4,6-7,9H,5,8H2,1-3H3;1-5H,6H2;1H4. The van der Waals surface area contributed by atoms with Gasteiger partial charge in [-0.25, -0.2) is 0 Å². The zero-order valence-electron chi connectivity index (χ0n) is 38.1. The Balaban J connectivity index is 0.000000202. The molecule has 346 valence electrons. The number of Topliss-reactive ketones (excluding diaryl/α,β-unsaturated/α-hetero) is 2. The Kier molecular flexibility index (Phi) is 16.9. The van der Waals surface area contributed by atoms with Gasteiger partial charge in [-0.05, 0) is 88.2 Å². The van der Waals surface area contributed by atoms with E-state index in [9.17, 15) is 9.59 Å². The van der Waals surface area contributed by atoms with E-state index in [0.717, 1.165) is 61.2 Å². The number of fused-ring (bicyclic) bond motifs is 2. The van der Waals surface area contributed by atoms with Crippen molar-refractivity contribution in [3.63, 3.8) is 0 Å². The first-order valence-corrected chi connectivity index (χ1v) is 22.6. The van der Waals surface area contributed by atoms with Gasteiger partial charge in [0.1, 0.15) is 11.6 Å². The molecule has 0 N–H and O–H groups in total. The van der Waals surface area contributed by atoms with Gasteiger partial charge in [0.15, 0.2) is 23.0 Å². The molecule has 2 heterocycles. The lowest BCUT2D eigenvalue weighted by Gasteiger charge is -2.30. The lowest BCUT2D eigenvalue weighted by atomic mass is 9.71. The molecule has 0 fully saturated rings. The van der Waals surface area contributed by atoms with E-state index in [-0.39, 0.29) is 19.0 Å². The molecule has 2 aliphatic rings. The number of alkyl halides is 1. The summed E-state index contributed by atoms with van der Waals surface area (Å²) < 4.78 is 32.7. The van der Waals surface area contributed by atoms with Crippen LogP contribution in [0.4, 0.5) is 0 Å². The monoisotopic (exact) mass is 964 g/mol. The van der Waals surface area contributed by atoms with Crippen molar-refractivity contribution in [3.8, 4) is 56.8 Å². The van der Waals surface area contributed by atoms with Gasteiger partial charge in [0.25, 0.3) is 0 Å². The van der Waals surface area contributed by atoms with Crippen molar-refractivity contribution in [2.75, 3.05) is 42.7 Å². The molecule has 67 heavy (non-hydrogen) atoms. The van der Waals surface area contributed by atoms with Gasteiger partial charge in [-0.1, -0.05) is 114 Å². The van der Waals surface area contributed by atoms with Crippen LogP contribution < -0.4 is 28.4 Å². The molecule has 0 amide bonds. The van der Waals surface area contributed by atoms with Gasteiger partial charge < -0.3 is 28.4 Å². The van der Waals surface area contributed by atoms with Gasteiger partial charge in [0.05, 0.1) is 59.5 Å². The van der Waals surface area contributed by atoms with E-state index in [0.29, 0.717) is 66.6 Å². The Morgan fingerprint density at radius 3 is 1.31 bits per heavy atom. The third-order valence-corrected chi connectivity index (χ3v) is 12.5. The van der Waals surface area contributed by atoms with Gasteiger partial charge in [-0.3, -0.25) is 19.6 Å². The van der Waals surface area contributed by atoms with Gasteiger partial charge in [-0.2, -0.15) is 0 Å². The highest BCUT2D eigenvalue weighted by Gasteiger charge is 2.47. The highest BCUT2D eigenvalue weighted by atomic mass is 79.9. The van der Waals surface area contributed by atoms with Crippen LogP contribution in [0.3, 0.4) is 0 Å². The molecule has 0 unspecified atom stereocenters. The second kappa shape index (κ2) is 23.0. The minimum atomic E-state index is -0.693. The average molecular weight is 966 g/mol. The Hall–Kier alpha value is -6.98. The first-order chi connectivity index (χ1) is 32.2. The number of methoxy groups -OCH3 is 6. The van der Waals surface area contributed by atoms with Crippen molar-refractivity contribution in [2.45, 2.75) is 50.3 Å². The molecule has 7 aromatic rings. The normalized spacial score (nSPS) is 12.8. The van der Waals surface area contributed by atoms with E-state index in [1.807, 2.05) is 91.1 Å². The fraction of sp³-hybridized carbons (Fsp3) is 0.250. The van der Waals surface area contributed by atoms with Crippen molar-refractivity contribution >= 4 is 27.5 Å². The number of aromatic nitrogens is 2. The number of hydrogen-bond acceptors (Lipinski definition) is 10. The maximum Gasteiger partial charge on any atom is 0.203 e. The number of pyridine rings is 2. The van der Waals surface area contributed by atoms with Crippen LogP contribution in [0.5, 0.6) is 34.5 Å². The van der Waals surface area contributed by atoms with Gasteiger partial charge >= 0.3 is 0 Å². The van der Waals surface area contributed by atoms with Crippen LogP contribution in [0.1, 0.15) is 46.6 Å². The summed E-state index contributed by atoms with van der Waals surface area (Å²) >= 11 is 3.36. The lowest BCUT2D eigenvalue weighted by Crippen LogP contribution is -2.37. The Bertz CT molecular complexity index is 2690. The van der Waals surface area contributed by atoms with Crippen LogP contribution in [0, 0.1) is 0 Å². The third-order valence-electron chi connectivity index (χ3n) is 11.9. The number of benzene rings is 5. The zero-order valence-corrected chi connectivity index (χ0v) is 39.6. The summed E-state index contributed by atoms with van der Waals surface area (Å²) in [6.45, 7) is 0. The highest BCUT2D eigenvalue weighted by Crippen LogP contribution is 2.46. The number of hydrogen-bond donors (Lipinski definition) is 0. The molecule has 11 heteroatoms. The number of nitrogens with zero attached hydrogens (tertiary/aromatic N) is 2. The van der Waals surface area contributed by atoms with E-state index in [2.05, 4.69) is 63.4 Å². The van der Waals surface area contributed by atoms with Crippen molar-refractivity contribution in [3.05, 3.63) is 179 Å². The first-order valence-electron chi connectivity index (χ1n) is 21.5. The molecular formula is C56H57BrN2O8. The molecule has 10 nitrogen and oxygen atoms in total. The first kappa shape index (κ1) is 49.5. The predicted molar refractivity (Wildman–Crippen MR) is 268 cm³/mol. The maximum absolute atomic E-state index is 13.8. The second-order valence-electron chi connectivity index (χ2n) is 15.9. The molecule has 5 aromatic carbocycles. The molecule has 2 aliphatic carbocycles. The number of halogens is 1. The van der Waals surface area contributed by atoms with Crippen LogP contribution in [0.2, 0.25) is 0 Å². The van der Waals surface area contributed by atoms with Gasteiger partial charge in [0, 0.05) is 48.1 Å². The second-order valence-corrected chi connectivity index (χ2v) is 16.5. The molecule has 0 aliphatic heterocycles. The number of rotatable bonds is 13. The molecular weight excluding hydrogens is 909 g/mol. The minimum Gasteiger partial charge on any atom is -0.493 e. The minimum absolute atomic E-state index is 0. The summed E-state index contributed by atoms with van der Waals surface area (Å²) in [5.41, 5.74) is 10.2. The quantitative estimate of drug-likeness (QED) is 0.103. The lowest BCUT2D eigenvalue weighted by molar-refractivity contribution is -0.123. The topological polar surface area (TPSA) is 115 Å². The Morgan fingerprint density at radius 2 is 0.910 bits per heavy atom. The van der Waals surface area contributed by atoms with Crippen LogP contribution in [-0.4, -0.2) is 64.2 Å². The Labute approximate surface area is 402 Å². The van der Waals surface area contributed by atoms with Crippen molar-refractivity contribution in [2.24, 2.45) is 0 Å². The van der Waals surface area contributed by atoms with Gasteiger partial charge in [0.2, 0.25) is 11.5 Å². The molecule has 0 spiro atoms. The molecule has 0 bridgehead atoms. The molecule has 2 aromatic heterocycles. The molecule has 9 rings (SSSR count). The smallest absolute Gasteiger partial charge is 0.203 e. The Morgan fingerprint density at radius 1 is 0.493 bits per heavy atom. The van der Waals surface area contributed by atoms with E-state index in [1.54, 1.807) is 48.9 Å². The largest absolute Gasteiger partial charge is 0.493 e. The summed E-state index contributed by atoms with van der Waals surface area (Å²) in [6, 6.07) is 42.5. The fourth-order valence-corrected chi connectivity index (χ4v) is 8.92. The van der Waals surface area contributed by atoms with E-state index in [4.69, 9.17) is 33.4 Å². The van der Waals surface area contributed by atoms with Crippen LogP contribution in [0.25, 0.3) is 22.3 Å². The number of ketones is 2. The van der Waals surface area contributed by atoms with Crippen molar-refractivity contribution in [1.29, 1.82) is 0 Å². The third kappa shape index (κ3) is 11.2. The van der Waals surface area contributed by atoms with Crippen molar-refractivity contribution < 1.29 is 38.0 Å². The van der Waals surface area contributed by atoms with E-state index < -0.39 is 5.41 Å². The van der Waals surface area contributed by atoms with E-state index >= 15 is 0 Å².